The van der Waals surface area contributed by atoms with Crippen LogP contribution in [0.2, 0.25) is 5.15 Å². The number of nitrogens with one attached hydrogen (secondary N) is 2. The second-order valence-electron chi connectivity index (χ2n) is 5.90. The first-order valence-corrected chi connectivity index (χ1v) is 8.72. The topological polar surface area (TPSA) is 37.0 Å². The van der Waals surface area contributed by atoms with Gasteiger partial charge in [-0.25, -0.2) is 4.98 Å². The molecule has 0 amide bonds. The summed E-state index contributed by atoms with van der Waals surface area (Å²) in [5.74, 6) is 0.737. The predicted octanol–water partition coefficient (Wildman–Crippen LogP) is 4.22. The van der Waals surface area contributed by atoms with Crippen molar-refractivity contribution in [3.8, 4) is 0 Å². The van der Waals surface area contributed by atoms with Crippen molar-refractivity contribution >= 4 is 33.2 Å². The third-order valence-corrected chi connectivity index (χ3v) is 5.72. The molecule has 2 N–H and O–H groups in total. The van der Waals surface area contributed by atoms with Gasteiger partial charge in [-0.1, -0.05) is 24.4 Å². The van der Waals surface area contributed by atoms with Crippen molar-refractivity contribution in [2.75, 3.05) is 11.9 Å². The molecule has 20 heavy (non-hydrogen) atoms. The molecule has 1 aliphatic carbocycles. The SMILES string of the molecule is Clc1ncc(NC2CCCCC2C2CCCN2)cc1Br. The lowest BCUT2D eigenvalue weighted by Gasteiger charge is -2.36. The van der Waals surface area contributed by atoms with E-state index in [1.54, 1.807) is 0 Å². The molecule has 110 valence electrons. The van der Waals surface area contributed by atoms with Gasteiger partial charge in [0.2, 0.25) is 0 Å². The summed E-state index contributed by atoms with van der Waals surface area (Å²) >= 11 is 9.41. The molecule has 3 unspecified atom stereocenters. The van der Waals surface area contributed by atoms with Gasteiger partial charge < -0.3 is 10.6 Å². The van der Waals surface area contributed by atoms with Crippen molar-refractivity contribution < 1.29 is 0 Å². The van der Waals surface area contributed by atoms with Gasteiger partial charge in [0, 0.05) is 12.1 Å². The third-order valence-electron chi connectivity index (χ3n) is 4.58. The molecular weight excluding hydrogens is 338 g/mol. The molecule has 1 aromatic heterocycles. The van der Waals surface area contributed by atoms with Gasteiger partial charge in [-0.05, 0) is 60.1 Å². The lowest BCUT2D eigenvalue weighted by Crippen LogP contribution is -2.43. The lowest BCUT2D eigenvalue weighted by atomic mass is 9.79. The fraction of sp³-hybridized carbons (Fsp3) is 0.667. The summed E-state index contributed by atoms with van der Waals surface area (Å²) in [5, 5.41) is 7.88. The van der Waals surface area contributed by atoms with Gasteiger partial charge in [0.15, 0.2) is 0 Å². The van der Waals surface area contributed by atoms with Crippen LogP contribution in [0.4, 0.5) is 5.69 Å². The molecule has 3 atom stereocenters. The highest BCUT2D eigenvalue weighted by molar-refractivity contribution is 9.10. The highest BCUT2D eigenvalue weighted by Gasteiger charge is 2.33. The molecule has 0 bridgehead atoms. The Morgan fingerprint density at radius 1 is 1.25 bits per heavy atom. The quantitative estimate of drug-likeness (QED) is 0.794. The van der Waals surface area contributed by atoms with Crippen LogP contribution in [0.1, 0.15) is 38.5 Å². The molecule has 3 rings (SSSR count). The molecule has 1 saturated carbocycles. The first kappa shape index (κ1) is 14.6. The number of hydrogen-bond acceptors (Lipinski definition) is 3. The number of pyridine rings is 1. The largest absolute Gasteiger partial charge is 0.381 e. The van der Waals surface area contributed by atoms with Crippen molar-refractivity contribution in [1.82, 2.24) is 10.3 Å². The molecule has 3 nitrogen and oxygen atoms in total. The van der Waals surface area contributed by atoms with E-state index >= 15 is 0 Å². The fourth-order valence-corrected chi connectivity index (χ4v) is 4.06. The standard InChI is InChI=1S/C15H21BrClN3/c16-12-8-10(9-19-15(12)17)20-14-5-2-1-4-11(14)13-6-3-7-18-13/h8-9,11,13-14,18,20H,1-7H2. The van der Waals surface area contributed by atoms with Gasteiger partial charge in [0.1, 0.15) is 5.15 Å². The molecule has 1 saturated heterocycles. The van der Waals surface area contributed by atoms with Crippen LogP contribution in [0.3, 0.4) is 0 Å². The summed E-state index contributed by atoms with van der Waals surface area (Å²) in [6.45, 7) is 1.18. The van der Waals surface area contributed by atoms with Crippen molar-refractivity contribution in [3.05, 3.63) is 21.9 Å². The monoisotopic (exact) mass is 357 g/mol. The van der Waals surface area contributed by atoms with Gasteiger partial charge in [-0.2, -0.15) is 0 Å². The van der Waals surface area contributed by atoms with E-state index in [0.29, 0.717) is 17.2 Å². The molecule has 2 aliphatic rings. The Hall–Kier alpha value is -0.320. The van der Waals surface area contributed by atoms with Crippen molar-refractivity contribution in [1.29, 1.82) is 0 Å². The first-order valence-electron chi connectivity index (χ1n) is 7.55. The number of rotatable bonds is 3. The maximum Gasteiger partial charge on any atom is 0.143 e. The molecule has 2 fully saturated rings. The van der Waals surface area contributed by atoms with E-state index in [9.17, 15) is 0 Å². The number of aromatic nitrogens is 1. The Labute approximate surface area is 134 Å². The minimum atomic E-state index is 0.521. The molecule has 5 heteroatoms. The zero-order chi connectivity index (χ0) is 13.9. The molecular formula is C15H21BrClN3. The number of hydrogen-bond donors (Lipinski definition) is 2. The van der Waals surface area contributed by atoms with Gasteiger partial charge in [-0.3, -0.25) is 0 Å². The van der Waals surface area contributed by atoms with Gasteiger partial charge >= 0.3 is 0 Å². The average molecular weight is 359 g/mol. The van der Waals surface area contributed by atoms with Gasteiger partial charge in [-0.15, -0.1) is 0 Å². The second kappa shape index (κ2) is 6.63. The first-order chi connectivity index (χ1) is 9.74. The molecule has 2 heterocycles. The van der Waals surface area contributed by atoms with Crippen LogP contribution in [-0.4, -0.2) is 23.6 Å². The van der Waals surface area contributed by atoms with Crippen LogP contribution in [0.25, 0.3) is 0 Å². The average Bonchev–Trinajstić information content (AvgIpc) is 2.97. The second-order valence-corrected chi connectivity index (χ2v) is 7.11. The number of nitrogens with zero attached hydrogens (tertiary/aromatic N) is 1. The minimum absolute atomic E-state index is 0.521. The van der Waals surface area contributed by atoms with E-state index in [1.165, 1.54) is 45.1 Å². The maximum absolute atomic E-state index is 5.96. The van der Waals surface area contributed by atoms with Crippen LogP contribution >= 0.6 is 27.5 Å². The van der Waals surface area contributed by atoms with E-state index in [-0.39, 0.29) is 0 Å². The van der Waals surface area contributed by atoms with E-state index in [4.69, 9.17) is 11.6 Å². The maximum atomic E-state index is 5.96. The van der Waals surface area contributed by atoms with Gasteiger partial charge in [0.25, 0.3) is 0 Å². The fourth-order valence-electron chi connectivity index (χ4n) is 3.61. The predicted molar refractivity (Wildman–Crippen MR) is 87.3 cm³/mol. The van der Waals surface area contributed by atoms with Crippen LogP contribution in [0.5, 0.6) is 0 Å². The summed E-state index contributed by atoms with van der Waals surface area (Å²) in [6.07, 6.45) is 9.75. The summed E-state index contributed by atoms with van der Waals surface area (Å²) in [5.41, 5.74) is 1.07. The smallest absolute Gasteiger partial charge is 0.143 e. The molecule has 0 radical (unpaired) electrons. The molecule has 1 aliphatic heterocycles. The van der Waals surface area contributed by atoms with E-state index in [1.807, 2.05) is 12.3 Å². The highest BCUT2D eigenvalue weighted by Crippen LogP contribution is 2.33. The third kappa shape index (κ3) is 3.29. The Bertz CT molecular complexity index is 462. The highest BCUT2D eigenvalue weighted by atomic mass is 79.9. The normalized spacial score (nSPS) is 30.4. The minimum Gasteiger partial charge on any atom is -0.381 e. The van der Waals surface area contributed by atoms with Gasteiger partial charge in [0.05, 0.1) is 16.4 Å². The van der Waals surface area contributed by atoms with E-state index in [2.05, 4.69) is 31.5 Å². The number of anilines is 1. The summed E-state index contributed by atoms with van der Waals surface area (Å²) in [6, 6.07) is 3.27. The van der Waals surface area contributed by atoms with Crippen molar-refractivity contribution in [2.24, 2.45) is 5.92 Å². The molecule has 0 aromatic carbocycles. The Morgan fingerprint density at radius 3 is 2.85 bits per heavy atom. The van der Waals surface area contributed by atoms with E-state index < -0.39 is 0 Å². The summed E-state index contributed by atoms with van der Waals surface area (Å²) in [4.78, 5) is 4.21. The Balaban J connectivity index is 1.71. The Morgan fingerprint density at radius 2 is 2.10 bits per heavy atom. The zero-order valence-corrected chi connectivity index (χ0v) is 13.9. The molecule has 0 spiro atoms. The van der Waals surface area contributed by atoms with E-state index in [0.717, 1.165) is 16.1 Å². The zero-order valence-electron chi connectivity index (χ0n) is 11.5. The van der Waals surface area contributed by atoms with Crippen molar-refractivity contribution in [3.63, 3.8) is 0 Å². The molecule has 1 aromatic rings. The Kier molecular flexibility index (Phi) is 4.84. The summed E-state index contributed by atoms with van der Waals surface area (Å²) < 4.78 is 0.857. The lowest BCUT2D eigenvalue weighted by molar-refractivity contribution is 0.262. The van der Waals surface area contributed by atoms with Crippen LogP contribution in [0, 0.1) is 5.92 Å². The number of halogens is 2. The summed E-state index contributed by atoms with van der Waals surface area (Å²) in [7, 11) is 0. The van der Waals surface area contributed by atoms with Crippen LogP contribution in [-0.2, 0) is 0 Å². The van der Waals surface area contributed by atoms with Crippen LogP contribution < -0.4 is 10.6 Å². The van der Waals surface area contributed by atoms with Crippen molar-refractivity contribution in [2.45, 2.75) is 50.6 Å². The van der Waals surface area contributed by atoms with Crippen LogP contribution in [0.15, 0.2) is 16.7 Å².